The minimum absolute atomic E-state index is 0.0248. The highest BCUT2D eigenvalue weighted by Crippen LogP contribution is 2.25. The number of halogens is 2. The molecular formula is C16H19F2N3O. The summed E-state index contributed by atoms with van der Waals surface area (Å²) in [7, 11) is 0. The summed E-state index contributed by atoms with van der Waals surface area (Å²) in [6, 6.07) is 3.60. The molecule has 6 heteroatoms. The molecule has 0 amide bonds. The Hall–Kier alpha value is -1.79. The van der Waals surface area contributed by atoms with Crippen LogP contribution in [0.5, 0.6) is 0 Å². The molecule has 1 N–H and O–H groups in total. The molecule has 0 saturated carbocycles. The first kappa shape index (κ1) is 15.1. The number of nitrogens with zero attached hydrogens (tertiary/aromatic N) is 3. The van der Waals surface area contributed by atoms with Gasteiger partial charge < -0.3 is 14.6 Å². The van der Waals surface area contributed by atoms with E-state index in [-0.39, 0.29) is 5.56 Å². The second-order valence-corrected chi connectivity index (χ2v) is 5.72. The van der Waals surface area contributed by atoms with Gasteiger partial charge in [-0.2, -0.15) is 0 Å². The largest absolute Gasteiger partial charge is 0.387 e. The molecule has 118 valence electrons. The number of aliphatic hydroxyl groups excluding tert-OH is 1. The normalized spacial score (nSPS) is 18.5. The molecule has 1 unspecified atom stereocenters. The number of piperidine rings is 1. The van der Waals surface area contributed by atoms with Crippen molar-refractivity contribution in [3.05, 3.63) is 54.1 Å². The van der Waals surface area contributed by atoms with Gasteiger partial charge in [-0.15, -0.1) is 0 Å². The number of likely N-dealkylation sites (tertiary alicyclic amines) is 1. The molecule has 1 atom stereocenters. The minimum atomic E-state index is -1.01. The first-order valence-corrected chi connectivity index (χ1v) is 7.46. The summed E-state index contributed by atoms with van der Waals surface area (Å²) < 4.78 is 29.0. The lowest BCUT2D eigenvalue weighted by Crippen LogP contribution is -2.37. The van der Waals surface area contributed by atoms with E-state index < -0.39 is 17.7 Å². The lowest BCUT2D eigenvalue weighted by Gasteiger charge is -2.33. The SMILES string of the molecule is OC(CN1CCC(n2ccnc2)CC1)c1cc(F)ccc1F. The fourth-order valence-electron chi connectivity index (χ4n) is 3.00. The average molecular weight is 307 g/mol. The van der Waals surface area contributed by atoms with Gasteiger partial charge in [0.2, 0.25) is 0 Å². The lowest BCUT2D eigenvalue weighted by atomic mass is 10.0. The fourth-order valence-corrected chi connectivity index (χ4v) is 3.00. The Kier molecular flexibility index (Phi) is 4.49. The highest BCUT2D eigenvalue weighted by Gasteiger charge is 2.23. The van der Waals surface area contributed by atoms with Crippen LogP contribution in [-0.2, 0) is 0 Å². The maximum Gasteiger partial charge on any atom is 0.129 e. The van der Waals surface area contributed by atoms with Crippen molar-refractivity contribution in [3.63, 3.8) is 0 Å². The van der Waals surface area contributed by atoms with Crippen LogP contribution in [0.25, 0.3) is 0 Å². The van der Waals surface area contributed by atoms with Crippen molar-refractivity contribution in [2.75, 3.05) is 19.6 Å². The van der Waals surface area contributed by atoms with Gasteiger partial charge in [0.05, 0.1) is 12.4 Å². The van der Waals surface area contributed by atoms with Crippen molar-refractivity contribution in [2.24, 2.45) is 0 Å². The standard InChI is InChI=1S/C16H19F2N3O/c17-12-1-2-15(18)14(9-12)16(22)10-20-6-3-13(4-7-20)21-8-5-19-11-21/h1-2,5,8-9,11,13,16,22H,3-4,6-7,10H2. The molecule has 1 fully saturated rings. The van der Waals surface area contributed by atoms with E-state index in [0.29, 0.717) is 12.6 Å². The molecule has 22 heavy (non-hydrogen) atoms. The van der Waals surface area contributed by atoms with Gasteiger partial charge in [-0.25, -0.2) is 13.8 Å². The average Bonchev–Trinajstić information content (AvgIpc) is 3.05. The van der Waals surface area contributed by atoms with Gasteiger partial charge in [-0.1, -0.05) is 0 Å². The van der Waals surface area contributed by atoms with Crippen LogP contribution >= 0.6 is 0 Å². The number of benzene rings is 1. The zero-order valence-electron chi connectivity index (χ0n) is 12.2. The van der Waals surface area contributed by atoms with Gasteiger partial charge >= 0.3 is 0 Å². The highest BCUT2D eigenvalue weighted by molar-refractivity contribution is 5.21. The van der Waals surface area contributed by atoms with Gasteiger partial charge in [-0.05, 0) is 31.0 Å². The quantitative estimate of drug-likeness (QED) is 0.944. The van der Waals surface area contributed by atoms with Gasteiger partial charge in [0.15, 0.2) is 0 Å². The lowest BCUT2D eigenvalue weighted by molar-refractivity contribution is 0.0881. The van der Waals surface area contributed by atoms with Crippen LogP contribution < -0.4 is 0 Å². The van der Waals surface area contributed by atoms with Crippen LogP contribution in [0.3, 0.4) is 0 Å². The number of imidazole rings is 1. The Bertz CT molecular complexity index is 610. The van der Waals surface area contributed by atoms with E-state index in [1.165, 1.54) is 0 Å². The summed E-state index contributed by atoms with van der Waals surface area (Å²) in [5.74, 6) is -1.10. The molecule has 1 aromatic carbocycles. The van der Waals surface area contributed by atoms with E-state index >= 15 is 0 Å². The number of aromatic nitrogens is 2. The van der Waals surface area contributed by atoms with Crippen LogP contribution in [0.1, 0.15) is 30.6 Å². The first-order valence-electron chi connectivity index (χ1n) is 7.46. The van der Waals surface area contributed by atoms with Crippen LogP contribution in [0.2, 0.25) is 0 Å². The zero-order chi connectivity index (χ0) is 15.5. The van der Waals surface area contributed by atoms with Gasteiger partial charge in [-0.3, -0.25) is 0 Å². The number of rotatable bonds is 4. The summed E-state index contributed by atoms with van der Waals surface area (Å²) >= 11 is 0. The molecule has 1 aliphatic heterocycles. The Labute approximate surface area is 128 Å². The number of hydrogen-bond acceptors (Lipinski definition) is 3. The summed E-state index contributed by atoms with van der Waals surface area (Å²) in [5.41, 5.74) is 0.0248. The third kappa shape index (κ3) is 3.34. The molecule has 0 radical (unpaired) electrons. The van der Waals surface area contributed by atoms with Crippen LogP contribution in [-0.4, -0.2) is 39.2 Å². The van der Waals surface area contributed by atoms with Crippen molar-refractivity contribution in [1.29, 1.82) is 0 Å². The van der Waals surface area contributed by atoms with Crippen molar-refractivity contribution < 1.29 is 13.9 Å². The maximum absolute atomic E-state index is 13.7. The maximum atomic E-state index is 13.7. The molecule has 0 spiro atoms. The summed E-state index contributed by atoms with van der Waals surface area (Å²) in [6.07, 6.45) is 6.43. The smallest absolute Gasteiger partial charge is 0.129 e. The second kappa shape index (κ2) is 6.54. The Morgan fingerprint density at radius 3 is 2.73 bits per heavy atom. The predicted molar refractivity (Wildman–Crippen MR) is 78.3 cm³/mol. The van der Waals surface area contributed by atoms with E-state index in [2.05, 4.69) is 14.5 Å². The van der Waals surface area contributed by atoms with E-state index in [1.807, 2.05) is 12.5 Å². The zero-order valence-corrected chi connectivity index (χ0v) is 12.2. The Balaban J connectivity index is 1.57. The van der Waals surface area contributed by atoms with Gasteiger partial charge in [0, 0.05) is 43.6 Å². The highest BCUT2D eigenvalue weighted by atomic mass is 19.1. The number of hydrogen-bond donors (Lipinski definition) is 1. The van der Waals surface area contributed by atoms with Gasteiger partial charge in [0.1, 0.15) is 11.6 Å². The van der Waals surface area contributed by atoms with E-state index in [0.717, 1.165) is 44.1 Å². The minimum Gasteiger partial charge on any atom is -0.387 e. The molecule has 1 aromatic heterocycles. The Morgan fingerprint density at radius 2 is 2.05 bits per heavy atom. The van der Waals surface area contributed by atoms with Crippen LogP contribution in [0.4, 0.5) is 8.78 Å². The monoisotopic (exact) mass is 307 g/mol. The van der Waals surface area contributed by atoms with Crippen molar-refractivity contribution in [2.45, 2.75) is 25.0 Å². The molecule has 3 rings (SSSR count). The molecule has 0 bridgehead atoms. The third-order valence-electron chi connectivity index (χ3n) is 4.25. The van der Waals surface area contributed by atoms with Gasteiger partial charge in [0.25, 0.3) is 0 Å². The van der Waals surface area contributed by atoms with Crippen molar-refractivity contribution >= 4 is 0 Å². The fraction of sp³-hybridized carbons (Fsp3) is 0.438. The molecule has 0 aliphatic carbocycles. The van der Waals surface area contributed by atoms with E-state index in [1.54, 1.807) is 6.20 Å². The molecule has 2 heterocycles. The molecule has 4 nitrogen and oxygen atoms in total. The van der Waals surface area contributed by atoms with Crippen molar-refractivity contribution in [3.8, 4) is 0 Å². The predicted octanol–water partition coefficient (Wildman–Crippen LogP) is 2.53. The van der Waals surface area contributed by atoms with E-state index in [9.17, 15) is 13.9 Å². The molecule has 1 aliphatic rings. The summed E-state index contributed by atoms with van der Waals surface area (Å²) in [6.45, 7) is 1.95. The molecule has 1 saturated heterocycles. The number of β-amino-alcohol motifs (C(OH)–C–C–N with tert-alkyl or cyclic N) is 1. The third-order valence-corrected chi connectivity index (χ3v) is 4.25. The van der Waals surface area contributed by atoms with Crippen LogP contribution in [0, 0.1) is 11.6 Å². The van der Waals surface area contributed by atoms with Crippen LogP contribution in [0.15, 0.2) is 36.9 Å². The van der Waals surface area contributed by atoms with Crippen molar-refractivity contribution in [1.82, 2.24) is 14.5 Å². The van der Waals surface area contributed by atoms with E-state index in [4.69, 9.17) is 0 Å². The molecule has 2 aromatic rings. The summed E-state index contributed by atoms with van der Waals surface area (Å²) in [5, 5.41) is 10.2. The second-order valence-electron chi connectivity index (χ2n) is 5.72. The topological polar surface area (TPSA) is 41.3 Å². The first-order chi connectivity index (χ1) is 10.6. The number of aliphatic hydroxyl groups is 1. The summed E-state index contributed by atoms with van der Waals surface area (Å²) in [4.78, 5) is 6.14. The molecular weight excluding hydrogens is 288 g/mol. The Morgan fingerprint density at radius 1 is 1.27 bits per heavy atom.